The lowest BCUT2D eigenvalue weighted by Crippen LogP contribution is -2.21. The minimum Gasteiger partial charge on any atom is -0.382 e. The second kappa shape index (κ2) is 4.96. The lowest BCUT2D eigenvalue weighted by atomic mass is 10.1. The van der Waals surface area contributed by atoms with E-state index in [1.807, 2.05) is 12.1 Å². The topological polar surface area (TPSA) is 36.4 Å². The standard InChI is InChI=1S/C11H16N2OS/c1-13-7-4-9(8-13)11(14)15-10-2-5-12-6-3-10/h2-3,5-6,9,11,14H,4,7-8H2,1H3. The zero-order valence-electron chi connectivity index (χ0n) is 8.84. The molecule has 2 rings (SSSR count). The Labute approximate surface area is 94.5 Å². The predicted octanol–water partition coefficient (Wildman–Crippen LogP) is 1.44. The van der Waals surface area contributed by atoms with Gasteiger partial charge in [-0.3, -0.25) is 4.98 Å². The van der Waals surface area contributed by atoms with Crippen LogP contribution in [0.15, 0.2) is 29.4 Å². The second-order valence-corrected chi connectivity index (χ2v) is 5.19. The summed E-state index contributed by atoms with van der Waals surface area (Å²) in [4.78, 5) is 7.31. The number of hydrogen-bond donors (Lipinski definition) is 1. The molecule has 15 heavy (non-hydrogen) atoms. The van der Waals surface area contributed by atoms with Crippen LogP contribution in [-0.2, 0) is 0 Å². The second-order valence-electron chi connectivity index (χ2n) is 4.00. The fourth-order valence-corrected chi connectivity index (χ4v) is 2.83. The molecule has 0 radical (unpaired) electrons. The number of rotatable bonds is 3. The Balaban J connectivity index is 1.90. The first-order valence-corrected chi connectivity index (χ1v) is 6.07. The molecule has 1 fully saturated rings. The first-order chi connectivity index (χ1) is 7.25. The molecule has 0 amide bonds. The van der Waals surface area contributed by atoms with Gasteiger partial charge < -0.3 is 10.0 Å². The molecule has 1 saturated heterocycles. The molecule has 1 N–H and O–H groups in total. The summed E-state index contributed by atoms with van der Waals surface area (Å²) in [7, 11) is 2.10. The Bertz CT molecular complexity index is 307. The van der Waals surface area contributed by atoms with Crippen molar-refractivity contribution >= 4 is 11.8 Å². The highest BCUT2D eigenvalue weighted by Gasteiger charge is 2.26. The molecular weight excluding hydrogens is 208 g/mol. The molecule has 4 heteroatoms. The van der Waals surface area contributed by atoms with Gasteiger partial charge in [0.1, 0.15) is 5.44 Å². The number of hydrogen-bond acceptors (Lipinski definition) is 4. The Hall–Kier alpha value is -0.580. The van der Waals surface area contributed by atoms with Gasteiger partial charge in [0.05, 0.1) is 0 Å². The third-order valence-corrected chi connectivity index (χ3v) is 3.91. The summed E-state index contributed by atoms with van der Waals surface area (Å²) >= 11 is 1.53. The molecule has 2 unspecified atom stereocenters. The number of aromatic nitrogens is 1. The molecule has 0 saturated carbocycles. The third kappa shape index (κ3) is 2.93. The normalized spacial score (nSPS) is 24.3. The molecule has 0 bridgehead atoms. The maximum Gasteiger partial charge on any atom is 0.108 e. The summed E-state index contributed by atoms with van der Waals surface area (Å²) in [6, 6.07) is 3.87. The van der Waals surface area contributed by atoms with Crippen LogP contribution < -0.4 is 0 Å². The summed E-state index contributed by atoms with van der Waals surface area (Å²) in [5.74, 6) is 0.396. The molecule has 1 aliphatic heterocycles. The number of pyridine rings is 1. The number of nitrogens with zero attached hydrogens (tertiary/aromatic N) is 2. The molecule has 2 heterocycles. The van der Waals surface area contributed by atoms with Gasteiger partial charge >= 0.3 is 0 Å². The molecule has 3 nitrogen and oxygen atoms in total. The van der Waals surface area contributed by atoms with E-state index in [2.05, 4.69) is 16.9 Å². The first-order valence-electron chi connectivity index (χ1n) is 5.19. The monoisotopic (exact) mass is 224 g/mol. The van der Waals surface area contributed by atoms with Gasteiger partial charge in [-0.2, -0.15) is 0 Å². The number of thioether (sulfide) groups is 1. The largest absolute Gasteiger partial charge is 0.382 e. The van der Waals surface area contributed by atoms with Crippen LogP contribution in [0, 0.1) is 5.92 Å². The van der Waals surface area contributed by atoms with E-state index in [1.165, 1.54) is 11.8 Å². The Morgan fingerprint density at radius 1 is 1.53 bits per heavy atom. The first kappa shape index (κ1) is 10.9. The summed E-state index contributed by atoms with van der Waals surface area (Å²) in [6.45, 7) is 2.10. The minimum atomic E-state index is -0.294. The minimum absolute atomic E-state index is 0.294. The fourth-order valence-electron chi connectivity index (χ4n) is 1.85. The zero-order chi connectivity index (χ0) is 10.7. The molecule has 1 aromatic heterocycles. The van der Waals surface area contributed by atoms with Gasteiger partial charge in [0.2, 0.25) is 0 Å². The van der Waals surface area contributed by atoms with Crippen LogP contribution >= 0.6 is 11.8 Å². The Kier molecular flexibility index (Phi) is 3.61. The number of aliphatic hydroxyl groups excluding tert-OH is 1. The van der Waals surface area contributed by atoms with Gasteiger partial charge in [0, 0.05) is 29.8 Å². The van der Waals surface area contributed by atoms with Crippen LogP contribution in [0.2, 0.25) is 0 Å². The molecular formula is C11H16N2OS. The van der Waals surface area contributed by atoms with Crippen molar-refractivity contribution in [2.75, 3.05) is 20.1 Å². The summed E-state index contributed by atoms with van der Waals surface area (Å²) in [6.07, 6.45) is 4.61. The van der Waals surface area contributed by atoms with Gasteiger partial charge in [0.15, 0.2) is 0 Å². The highest BCUT2D eigenvalue weighted by molar-refractivity contribution is 7.99. The van der Waals surface area contributed by atoms with Gasteiger partial charge in [-0.15, -0.1) is 0 Å². The Morgan fingerprint density at radius 3 is 2.87 bits per heavy atom. The van der Waals surface area contributed by atoms with E-state index in [0.29, 0.717) is 5.92 Å². The van der Waals surface area contributed by atoms with Crippen LogP contribution in [0.25, 0.3) is 0 Å². The van der Waals surface area contributed by atoms with Crippen LogP contribution in [0.5, 0.6) is 0 Å². The van der Waals surface area contributed by atoms with Crippen molar-refractivity contribution in [2.45, 2.75) is 16.8 Å². The van der Waals surface area contributed by atoms with E-state index in [1.54, 1.807) is 12.4 Å². The summed E-state index contributed by atoms with van der Waals surface area (Å²) in [5, 5.41) is 10.0. The quantitative estimate of drug-likeness (QED) is 0.622. The van der Waals surface area contributed by atoms with Crippen LogP contribution in [0.4, 0.5) is 0 Å². The van der Waals surface area contributed by atoms with Crippen LogP contribution in [0.3, 0.4) is 0 Å². The predicted molar refractivity (Wildman–Crippen MR) is 61.7 cm³/mol. The molecule has 2 atom stereocenters. The van der Waals surface area contributed by atoms with Crippen molar-refractivity contribution in [3.8, 4) is 0 Å². The van der Waals surface area contributed by atoms with Gasteiger partial charge in [-0.25, -0.2) is 0 Å². The van der Waals surface area contributed by atoms with Crippen molar-refractivity contribution in [1.82, 2.24) is 9.88 Å². The molecule has 0 aromatic carbocycles. The van der Waals surface area contributed by atoms with Crippen LogP contribution in [0.1, 0.15) is 6.42 Å². The molecule has 1 aliphatic rings. The van der Waals surface area contributed by atoms with Crippen molar-refractivity contribution in [3.63, 3.8) is 0 Å². The maximum atomic E-state index is 10.0. The molecule has 0 spiro atoms. The average molecular weight is 224 g/mol. The maximum absolute atomic E-state index is 10.0. The number of likely N-dealkylation sites (tertiary alicyclic amines) is 1. The third-order valence-electron chi connectivity index (χ3n) is 2.74. The Morgan fingerprint density at radius 2 is 2.27 bits per heavy atom. The van der Waals surface area contributed by atoms with E-state index in [4.69, 9.17) is 0 Å². The SMILES string of the molecule is CN1CCC(C(O)Sc2ccncc2)C1. The fraction of sp³-hybridized carbons (Fsp3) is 0.545. The molecule has 82 valence electrons. The highest BCUT2D eigenvalue weighted by Crippen LogP contribution is 2.30. The summed E-state index contributed by atoms with van der Waals surface area (Å²) < 4.78 is 0. The van der Waals surface area contributed by atoms with Crippen molar-refractivity contribution in [3.05, 3.63) is 24.5 Å². The van der Waals surface area contributed by atoms with Crippen LogP contribution in [-0.4, -0.2) is 40.6 Å². The lowest BCUT2D eigenvalue weighted by Gasteiger charge is -2.17. The average Bonchev–Trinajstić information content (AvgIpc) is 2.66. The van der Waals surface area contributed by atoms with Crippen molar-refractivity contribution < 1.29 is 5.11 Å². The zero-order valence-corrected chi connectivity index (χ0v) is 9.65. The van der Waals surface area contributed by atoms with Gasteiger partial charge in [-0.1, -0.05) is 11.8 Å². The van der Waals surface area contributed by atoms with E-state index in [9.17, 15) is 5.11 Å². The molecule has 0 aliphatic carbocycles. The van der Waals surface area contributed by atoms with E-state index in [-0.39, 0.29) is 5.44 Å². The van der Waals surface area contributed by atoms with E-state index in [0.717, 1.165) is 24.4 Å². The van der Waals surface area contributed by atoms with Gasteiger partial charge in [0.25, 0.3) is 0 Å². The highest BCUT2D eigenvalue weighted by atomic mass is 32.2. The van der Waals surface area contributed by atoms with E-state index >= 15 is 0 Å². The van der Waals surface area contributed by atoms with E-state index < -0.39 is 0 Å². The summed E-state index contributed by atoms with van der Waals surface area (Å²) in [5.41, 5.74) is -0.294. The lowest BCUT2D eigenvalue weighted by molar-refractivity contribution is 0.194. The van der Waals surface area contributed by atoms with Gasteiger partial charge in [-0.05, 0) is 32.1 Å². The van der Waals surface area contributed by atoms with Crippen molar-refractivity contribution in [2.24, 2.45) is 5.92 Å². The number of aliphatic hydroxyl groups is 1. The molecule has 1 aromatic rings. The smallest absolute Gasteiger partial charge is 0.108 e. The van der Waals surface area contributed by atoms with Crippen molar-refractivity contribution in [1.29, 1.82) is 0 Å².